The number of hydrogen-bond donors (Lipinski definition) is 1. The first-order chi connectivity index (χ1) is 9.70. The van der Waals surface area contributed by atoms with Gasteiger partial charge in [0.1, 0.15) is 0 Å². The average Bonchev–Trinajstić information content (AvgIpc) is 2.86. The lowest BCUT2D eigenvalue weighted by atomic mass is 9.86. The third kappa shape index (κ3) is 2.29. The molecule has 4 nitrogen and oxygen atoms in total. The third-order valence-corrected chi connectivity index (χ3v) is 5.63. The molecule has 0 fully saturated rings. The number of fused-ring (bicyclic) bond motifs is 1. The van der Waals surface area contributed by atoms with Crippen LogP contribution in [0.5, 0.6) is 0 Å². The molecular formula is C14H13NO3S2. The van der Waals surface area contributed by atoms with E-state index in [2.05, 4.69) is 4.98 Å². The number of thioether (sulfide) groups is 1. The number of aromatic amines is 1. The lowest BCUT2D eigenvalue weighted by Gasteiger charge is -2.28. The summed E-state index contributed by atoms with van der Waals surface area (Å²) < 4.78 is 4.93. The minimum atomic E-state index is -0.258. The molecule has 1 aromatic heterocycles. The molecule has 2 aromatic rings. The summed E-state index contributed by atoms with van der Waals surface area (Å²) in [5.41, 5.74) is 1.04. The lowest BCUT2D eigenvalue weighted by Crippen LogP contribution is -2.29. The smallest absolute Gasteiger partial charge is 0.310 e. The van der Waals surface area contributed by atoms with E-state index in [4.69, 9.17) is 4.74 Å². The van der Waals surface area contributed by atoms with Crippen LogP contribution in [-0.2, 0) is 9.53 Å². The zero-order chi connectivity index (χ0) is 14.1. The van der Waals surface area contributed by atoms with Crippen LogP contribution in [0.3, 0.4) is 0 Å². The number of ether oxygens (including phenoxy) is 1. The number of rotatable bonds is 2. The predicted molar refractivity (Wildman–Crippen MR) is 79.5 cm³/mol. The fourth-order valence-corrected chi connectivity index (χ4v) is 4.89. The second-order valence-electron chi connectivity index (χ2n) is 4.54. The molecule has 1 aromatic carbocycles. The highest BCUT2D eigenvalue weighted by atomic mass is 32.2. The van der Waals surface area contributed by atoms with Crippen molar-refractivity contribution >= 4 is 29.1 Å². The Kier molecular flexibility index (Phi) is 3.67. The number of nitrogens with one attached hydrogen (secondary N) is 1. The number of hydrogen-bond acceptors (Lipinski definition) is 5. The van der Waals surface area contributed by atoms with Crippen LogP contribution in [0.1, 0.15) is 16.4 Å². The number of esters is 1. The van der Waals surface area contributed by atoms with Gasteiger partial charge in [0, 0.05) is 16.5 Å². The molecule has 6 heteroatoms. The highest BCUT2D eigenvalue weighted by molar-refractivity contribution is 7.99. The van der Waals surface area contributed by atoms with Gasteiger partial charge >= 0.3 is 10.8 Å². The van der Waals surface area contributed by atoms with Gasteiger partial charge in [0.15, 0.2) is 0 Å². The molecule has 2 heterocycles. The van der Waals surface area contributed by atoms with E-state index in [1.54, 1.807) is 0 Å². The summed E-state index contributed by atoms with van der Waals surface area (Å²) in [6.07, 6.45) is 0. The zero-order valence-corrected chi connectivity index (χ0v) is 12.4. The Morgan fingerprint density at radius 3 is 2.80 bits per heavy atom. The van der Waals surface area contributed by atoms with Gasteiger partial charge in [0.05, 0.1) is 18.1 Å². The Balaban J connectivity index is 2.12. The molecule has 3 rings (SSSR count). The van der Waals surface area contributed by atoms with Crippen molar-refractivity contribution in [1.29, 1.82) is 0 Å². The molecule has 1 N–H and O–H groups in total. The van der Waals surface area contributed by atoms with E-state index in [1.807, 2.05) is 30.3 Å². The summed E-state index contributed by atoms with van der Waals surface area (Å²) in [5, 5.41) is 0.883. The standard InChI is InChI=1S/C14H13NO3S2/c1-18-13(16)9-7-19-12-11(20-14(17)15-12)10(9)8-5-3-2-4-6-8/h2-6,9-10H,7H2,1H3,(H,15,17)/t9-,10+/m1/s1. The van der Waals surface area contributed by atoms with Crippen LogP contribution >= 0.6 is 23.1 Å². The van der Waals surface area contributed by atoms with Crippen LogP contribution in [0.2, 0.25) is 0 Å². The van der Waals surface area contributed by atoms with E-state index in [0.717, 1.165) is 15.5 Å². The second kappa shape index (κ2) is 5.46. The van der Waals surface area contributed by atoms with Crippen LogP contribution in [-0.4, -0.2) is 23.8 Å². The van der Waals surface area contributed by atoms with E-state index in [9.17, 15) is 9.59 Å². The van der Waals surface area contributed by atoms with Gasteiger partial charge in [0.2, 0.25) is 0 Å². The number of thiazole rings is 1. The SMILES string of the molecule is COC(=O)[C@@H]1CSc2[nH]c(=O)sc2[C@H]1c1ccccc1. The van der Waals surface area contributed by atoms with E-state index >= 15 is 0 Å². The Labute approximate surface area is 124 Å². The largest absolute Gasteiger partial charge is 0.469 e. The van der Waals surface area contributed by atoms with Crippen molar-refractivity contribution < 1.29 is 9.53 Å². The summed E-state index contributed by atoms with van der Waals surface area (Å²) in [5.74, 6) is 0.0272. The highest BCUT2D eigenvalue weighted by Crippen LogP contribution is 2.45. The van der Waals surface area contributed by atoms with Gasteiger partial charge in [-0.15, -0.1) is 11.8 Å². The van der Waals surface area contributed by atoms with Gasteiger partial charge in [-0.3, -0.25) is 9.59 Å². The summed E-state index contributed by atoms with van der Waals surface area (Å²) in [4.78, 5) is 27.4. The van der Waals surface area contributed by atoms with Crippen molar-refractivity contribution in [2.45, 2.75) is 10.9 Å². The number of carbonyl (C=O) groups is 1. The molecule has 0 saturated heterocycles. The number of aromatic nitrogens is 1. The number of H-pyrrole nitrogens is 1. The van der Waals surface area contributed by atoms with E-state index in [0.29, 0.717) is 5.75 Å². The predicted octanol–water partition coefficient (Wildman–Crippen LogP) is 2.46. The topological polar surface area (TPSA) is 59.2 Å². The molecule has 0 saturated carbocycles. The van der Waals surface area contributed by atoms with Gasteiger partial charge < -0.3 is 9.72 Å². The number of methoxy groups -OCH3 is 1. The first-order valence-corrected chi connectivity index (χ1v) is 7.99. The Morgan fingerprint density at radius 2 is 2.10 bits per heavy atom. The molecular weight excluding hydrogens is 294 g/mol. The molecule has 1 aliphatic heterocycles. The van der Waals surface area contributed by atoms with Crippen molar-refractivity contribution in [3.05, 3.63) is 50.4 Å². The summed E-state index contributed by atoms with van der Waals surface area (Å²) in [7, 11) is 1.41. The highest BCUT2D eigenvalue weighted by Gasteiger charge is 2.38. The van der Waals surface area contributed by atoms with Crippen molar-refractivity contribution in [2.24, 2.45) is 5.92 Å². The molecule has 0 amide bonds. The molecule has 1 aliphatic rings. The molecule has 0 aliphatic carbocycles. The quantitative estimate of drug-likeness (QED) is 0.866. The minimum Gasteiger partial charge on any atom is -0.469 e. The van der Waals surface area contributed by atoms with Crippen molar-refractivity contribution in [3.63, 3.8) is 0 Å². The monoisotopic (exact) mass is 307 g/mol. The van der Waals surface area contributed by atoms with E-state index in [1.165, 1.54) is 30.2 Å². The molecule has 20 heavy (non-hydrogen) atoms. The number of benzene rings is 1. The van der Waals surface area contributed by atoms with E-state index < -0.39 is 0 Å². The van der Waals surface area contributed by atoms with E-state index in [-0.39, 0.29) is 22.7 Å². The summed E-state index contributed by atoms with van der Waals surface area (Å²) >= 11 is 2.70. The van der Waals surface area contributed by atoms with Crippen LogP contribution in [0.15, 0.2) is 40.2 Å². The van der Waals surface area contributed by atoms with Crippen LogP contribution in [0.4, 0.5) is 0 Å². The van der Waals surface area contributed by atoms with Crippen LogP contribution < -0.4 is 4.87 Å². The summed E-state index contributed by atoms with van der Waals surface area (Å²) in [6, 6.07) is 9.81. The van der Waals surface area contributed by atoms with Crippen molar-refractivity contribution in [2.75, 3.05) is 12.9 Å². The third-order valence-electron chi connectivity index (χ3n) is 3.40. The fraction of sp³-hybridized carbons (Fsp3) is 0.286. The Hall–Kier alpha value is -1.53. The van der Waals surface area contributed by atoms with Crippen molar-refractivity contribution in [1.82, 2.24) is 4.98 Å². The van der Waals surface area contributed by atoms with Gasteiger partial charge in [-0.2, -0.15) is 0 Å². The molecule has 0 spiro atoms. The maximum absolute atomic E-state index is 12.0. The molecule has 0 radical (unpaired) electrons. The second-order valence-corrected chi connectivity index (χ2v) is 6.58. The van der Waals surface area contributed by atoms with Gasteiger partial charge in [0.25, 0.3) is 0 Å². The molecule has 0 unspecified atom stereocenters. The van der Waals surface area contributed by atoms with Crippen LogP contribution in [0.25, 0.3) is 0 Å². The van der Waals surface area contributed by atoms with Gasteiger partial charge in [-0.25, -0.2) is 0 Å². The first kappa shape index (κ1) is 13.5. The maximum Gasteiger partial charge on any atom is 0.310 e. The lowest BCUT2D eigenvalue weighted by molar-refractivity contribution is -0.145. The normalized spacial score (nSPS) is 21.2. The molecule has 104 valence electrons. The minimum absolute atomic E-state index is 0.0750. The number of carbonyl (C=O) groups excluding carboxylic acids is 1. The Bertz CT molecular complexity index is 677. The van der Waals surface area contributed by atoms with Gasteiger partial charge in [-0.05, 0) is 5.56 Å². The molecule has 0 bridgehead atoms. The van der Waals surface area contributed by atoms with Gasteiger partial charge in [-0.1, -0.05) is 41.7 Å². The average molecular weight is 307 g/mol. The molecule has 2 atom stereocenters. The maximum atomic E-state index is 12.0. The Morgan fingerprint density at radius 1 is 1.35 bits per heavy atom. The fourth-order valence-electron chi connectivity index (χ4n) is 2.49. The zero-order valence-electron chi connectivity index (χ0n) is 10.8. The first-order valence-electron chi connectivity index (χ1n) is 6.19. The van der Waals surface area contributed by atoms with Crippen LogP contribution in [0, 0.1) is 5.92 Å². The summed E-state index contributed by atoms with van der Waals surface area (Å²) in [6.45, 7) is 0. The van der Waals surface area contributed by atoms with Crippen molar-refractivity contribution in [3.8, 4) is 0 Å².